The molecule has 34 heavy (non-hydrogen) atoms. The zero-order valence-corrected chi connectivity index (χ0v) is 21.0. The highest BCUT2D eigenvalue weighted by Gasteiger charge is 2.18. The number of carbonyl (C=O) groups excluding carboxylic acids is 1. The molecule has 3 heterocycles. The Hall–Kier alpha value is -3.17. The van der Waals surface area contributed by atoms with Gasteiger partial charge in [0.05, 0.1) is 29.9 Å². The fourth-order valence-corrected chi connectivity index (χ4v) is 5.36. The quantitative estimate of drug-likeness (QED) is 0.214. The molecule has 4 aromatic rings. The van der Waals surface area contributed by atoms with Gasteiger partial charge >= 0.3 is 0 Å². The molecule has 0 aliphatic rings. The van der Waals surface area contributed by atoms with Crippen molar-refractivity contribution in [2.45, 2.75) is 32.5 Å². The van der Waals surface area contributed by atoms with Crippen LogP contribution in [-0.2, 0) is 11.3 Å². The first-order valence-corrected chi connectivity index (χ1v) is 12.7. The van der Waals surface area contributed by atoms with Crippen molar-refractivity contribution in [2.24, 2.45) is 0 Å². The average molecular weight is 495 g/mol. The molecule has 176 valence electrons. The van der Waals surface area contributed by atoms with Crippen molar-refractivity contribution in [3.8, 4) is 5.75 Å². The maximum atomic E-state index is 13.4. The molecule has 0 saturated carbocycles. The molecule has 0 aliphatic carbocycles. The third-order valence-corrected chi connectivity index (χ3v) is 7.39. The van der Waals surface area contributed by atoms with E-state index >= 15 is 0 Å². The monoisotopic (exact) mass is 494 g/mol. The summed E-state index contributed by atoms with van der Waals surface area (Å²) in [7, 11) is 0. The van der Waals surface area contributed by atoms with Gasteiger partial charge in [0, 0.05) is 11.1 Å². The molecule has 0 fully saturated rings. The summed E-state index contributed by atoms with van der Waals surface area (Å²) in [5, 5.41) is 4.01. The van der Waals surface area contributed by atoms with E-state index in [4.69, 9.17) is 9.72 Å². The van der Waals surface area contributed by atoms with Crippen molar-refractivity contribution >= 4 is 39.2 Å². The number of hydrogen-bond donors (Lipinski definition) is 1. The van der Waals surface area contributed by atoms with Crippen LogP contribution in [0.4, 0.5) is 0 Å². The second-order valence-electron chi connectivity index (χ2n) is 7.87. The minimum Gasteiger partial charge on any atom is -0.492 e. The molecule has 7 nitrogen and oxygen atoms in total. The molecule has 0 saturated heterocycles. The van der Waals surface area contributed by atoms with Crippen molar-refractivity contribution in [3.05, 3.63) is 80.7 Å². The van der Waals surface area contributed by atoms with E-state index in [2.05, 4.69) is 10.3 Å². The highest BCUT2D eigenvalue weighted by atomic mass is 32.2. The van der Waals surface area contributed by atoms with E-state index in [9.17, 15) is 9.59 Å². The van der Waals surface area contributed by atoms with Gasteiger partial charge in [0.15, 0.2) is 5.16 Å². The zero-order chi connectivity index (χ0) is 24.1. The van der Waals surface area contributed by atoms with Crippen LogP contribution in [0.15, 0.2) is 58.6 Å². The number of hydrogen-bond acceptors (Lipinski definition) is 7. The summed E-state index contributed by atoms with van der Waals surface area (Å²) >= 11 is 2.75. The molecular weight excluding hydrogens is 468 g/mol. The van der Waals surface area contributed by atoms with E-state index < -0.39 is 0 Å². The molecule has 0 atom stereocenters. The Kier molecular flexibility index (Phi) is 7.64. The average Bonchev–Trinajstić information content (AvgIpc) is 3.11. The first kappa shape index (κ1) is 24.0. The number of benzene rings is 1. The topological polar surface area (TPSA) is 86.1 Å². The molecule has 0 radical (unpaired) electrons. The number of pyridine rings is 1. The number of nitrogens with one attached hydrogen (secondary N) is 1. The largest absolute Gasteiger partial charge is 0.492 e. The van der Waals surface area contributed by atoms with Crippen molar-refractivity contribution in [3.63, 3.8) is 0 Å². The first-order valence-electron chi connectivity index (χ1n) is 10.9. The summed E-state index contributed by atoms with van der Waals surface area (Å²) in [5.41, 5.74) is 2.73. The number of rotatable bonds is 9. The van der Waals surface area contributed by atoms with Gasteiger partial charge in [-0.15, -0.1) is 11.3 Å². The van der Waals surface area contributed by atoms with Crippen LogP contribution in [0.1, 0.15) is 21.7 Å². The minimum atomic E-state index is -0.143. The molecule has 0 aliphatic heterocycles. The lowest BCUT2D eigenvalue weighted by molar-refractivity contribution is -0.118. The van der Waals surface area contributed by atoms with Gasteiger partial charge in [0.25, 0.3) is 5.56 Å². The number of ether oxygens (including phenoxy) is 1. The van der Waals surface area contributed by atoms with Gasteiger partial charge in [0.2, 0.25) is 5.91 Å². The maximum Gasteiger partial charge on any atom is 0.263 e. The van der Waals surface area contributed by atoms with Gasteiger partial charge in [-0.3, -0.25) is 19.1 Å². The first-order chi connectivity index (χ1) is 16.4. The Morgan fingerprint density at radius 3 is 2.79 bits per heavy atom. The molecule has 4 rings (SSSR count). The summed E-state index contributed by atoms with van der Waals surface area (Å²) in [6.07, 6.45) is 1.70. The van der Waals surface area contributed by atoms with E-state index in [1.54, 1.807) is 10.8 Å². The Bertz CT molecular complexity index is 1370. The third-order valence-electron chi connectivity index (χ3n) is 5.31. The van der Waals surface area contributed by atoms with Crippen LogP contribution >= 0.6 is 23.1 Å². The number of thioether (sulfide) groups is 1. The summed E-state index contributed by atoms with van der Waals surface area (Å²) in [6.45, 7) is 7.01. The standard InChI is InChI=1S/C25H26N4O3S2/c1-16-7-6-9-20(13-16)32-12-11-27-21(30)15-33-25-28-23-22(17(2)18(3)34-23)24(31)29(25)14-19-8-4-5-10-26-19/h4-10,13H,11-12,14-15H2,1-3H3,(H,27,30). The van der Waals surface area contributed by atoms with Gasteiger partial charge in [-0.2, -0.15) is 0 Å². The number of nitrogens with zero attached hydrogens (tertiary/aromatic N) is 3. The van der Waals surface area contributed by atoms with Crippen LogP contribution in [0.2, 0.25) is 0 Å². The van der Waals surface area contributed by atoms with Crippen LogP contribution in [0, 0.1) is 20.8 Å². The molecular formula is C25H26N4O3S2. The van der Waals surface area contributed by atoms with Crippen LogP contribution in [0.25, 0.3) is 10.2 Å². The van der Waals surface area contributed by atoms with E-state index in [1.807, 2.05) is 63.2 Å². The van der Waals surface area contributed by atoms with Gasteiger partial charge in [-0.25, -0.2) is 4.98 Å². The van der Waals surface area contributed by atoms with Crippen molar-refractivity contribution < 1.29 is 9.53 Å². The Balaban J connectivity index is 1.44. The number of amides is 1. The SMILES string of the molecule is Cc1cccc(OCCNC(=O)CSc2nc3sc(C)c(C)c3c(=O)n2Cc2ccccn2)c1. The third kappa shape index (κ3) is 5.66. The van der Waals surface area contributed by atoms with Crippen LogP contribution < -0.4 is 15.6 Å². The van der Waals surface area contributed by atoms with Gasteiger partial charge in [-0.05, 0) is 56.2 Å². The molecule has 9 heteroatoms. The fraction of sp³-hybridized carbons (Fsp3) is 0.280. The molecule has 0 unspecified atom stereocenters. The van der Waals surface area contributed by atoms with E-state index in [0.29, 0.717) is 35.1 Å². The number of aromatic nitrogens is 3. The second-order valence-corrected chi connectivity index (χ2v) is 10.0. The number of thiophene rings is 1. The maximum absolute atomic E-state index is 13.4. The van der Waals surface area contributed by atoms with E-state index in [1.165, 1.54) is 23.1 Å². The van der Waals surface area contributed by atoms with Gasteiger partial charge < -0.3 is 10.1 Å². The smallest absolute Gasteiger partial charge is 0.263 e. The van der Waals surface area contributed by atoms with Gasteiger partial charge in [-0.1, -0.05) is 30.0 Å². The Morgan fingerprint density at radius 1 is 1.18 bits per heavy atom. The molecule has 1 amide bonds. The number of fused-ring (bicyclic) bond motifs is 1. The highest BCUT2D eigenvalue weighted by Crippen LogP contribution is 2.28. The predicted octanol–water partition coefficient (Wildman–Crippen LogP) is 4.11. The lowest BCUT2D eigenvalue weighted by Gasteiger charge is -2.12. The van der Waals surface area contributed by atoms with Crippen LogP contribution in [-0.4, -0.2) is 39.3 Å². The molecule has 0 spiro atoms. The number of carbonyl (C=O) groups is 1. The summed E-state index contributed by atoms with van der Waals surface area (Å²) in [4.78, 5) is 36.7. The second kappa shape index (κ2) is 10.8. The van der Waals surface area contributed by atoms with Crippen molar-refractivity contribution in [1.29, 1.82) is 0 Å². The van der Waals surface area contributed by atoms with Crippen molar-refractivity contribution in [1.82, 2.24) is 19.9 Å². The Morgan fingerprint density at radius 2 is 2.03 bits per heavy atom. The van der Waals surface area contributed by atoms with Crippen LogP contribution in [0.5, 0.6) is 5.75 Å². The highest BCUT2D eigenvalue weighted by molar-refractivity contribution is 7.99. The lowest BCUT2D eigenvalue weighted by atomic mass is 10.2. The summed E-state index contributed by atoms with van der Waals surface area (Å²) < 4.78 is 7.29. The molecule has 1 aromatic carbocycles. The van der Waals surface area contributed by atoms with Gasteiger partial charge in [0.1, 0.15) is 17.2 Å². The van der Waals surface area contributed by atoms with Crippen LogP contribution in [0.3, 0.4) is 0 Å². The molecule has 3 aromatic heterocycles. The summed E-state index contributed by atoms with van der Waals surface area (Å²) in [5.74, 6) is 0.782. The molecule has 0 bridgehead atoms. The fourth-order valence-electron chi connectivity index (χ4n) is 3.46. The summed E-state index contributed by atoms with van der Waals surface area (Å²) in [6, 6.07) is 13.4. The van der Waals surface area contributed by atoms with Crippen molar-refractivity contribution in [2.75, 3.05) is 18.9 Å². The molecule has 1 N–H and O–H groups in total. The minimum absolute atomic E-state index is 0.105. The van der Waals surface area contributed by atoms with E-state index in [0.717, 1.165) is 27.4 Å². The Labute approximate surface area is 206 Å². The zero-order valence-electron chi connectivity index (χ0n) is 19.3. The van der Waals surface area contributed by atoms with E-state index in [-0.39, 0.29) is 17.2 Å². The lowest BCUT2D eigenvalue weighted by Crippen LogP contribution is -2.30. The predicted molar refractivity (Wildman–Crippen MR) is 137 cm³/mol. The normalized spacial score (nSPS) is 11.0. The number of aryl methyl sites for hydroxylation is 3.